The van der Waals surface area contributed by atoms with Crippen molar-refractivity contribution in [1.29, 1.82) is 0 Å². The van der Waals surface area contributed by atoms with Crippen molar-refractivity contribution in [2.45, 2.75) is 63.3 Å². The van der Waals surface area contributed by atoms with E-state index in [1.807, 2.05) is 0 Å². The van der Waals surface area contributed by atoms with Crippen molar-refractivity contribution in [3.05, 3.63) is 18.2 Å². The van der Waals surface area contributed by atoms with Gasteiger partial charge in [0.1, 0.15) is 6.04 Å². The molecule has 1 aromatic carbocycles. The molecule has 1 saturated carbocycles. The van der Waals surface area contributed by atoms with E-state index < -0.39 is 22.0 Å². The number of hydrogen-bond donors (Lipinski definition) is 3. The molecule has 0 spiro atoms. The minimum Gasteiger partial charge on any atom is -0.490 e. The Morgan fingerprint density at radius 3 is 2.33 bits per heavy atom. The highest BCUT2D eigenvalue weighted by molar-refractivity contribution is 7.89. The number of amides is 2. The minimum absolute atomic E-state index is 0.00458. The molecule has 184 valence electrons. The molecule has 3 N–H and O–H groups in total. The summed E-state index contributed by atoms with van der Waals surface area (Å²) in [6.07, 6.45) is 5.87. The highest BCUT2D eigenvalue weighted by atomic mass is 32.2. The van der Waals surface area contributed by atoms with Crippen molar-refractivity contribution in [1.82, 2.24) is 15.4 Å². The van der Waals surface area contributed by atoms with Crippen molar-refractivity contribution in [2.24, 2.45) is 11.8 Å². The first-order valence-electron chi connectivity index (χ1n) is 11.8. The van der Waals surface area contributed by atoms with Crippen LogP contribution in [0, 0.1) is 11.8 Å². The lowest BCUT2D eigenvalue weighted by Gasteiger charge is -2.23. The molecule has 1 heterocycles. The molecule has 1 atom stereocenters. The Labute approximate surface area is 196 Å². The zero-order chi connectivity index (χ0) is 23.8. The van der Waals surface area contributed by atoms with Crippen LogP contribution in [0.3, 0.4) is 0 Å². The van der Waals surface area contributed by atoms with Crippen LogP contribution < -0.4 is 24.8 Å². The van der Waals surface area contributed by atoms with Gasteiger partial charge in [-0.1, -0.05) is 33.1 Å². The van der Waals surface area contributed by atoms with E-state index >= 15 is 0 Å². The second-order valence-electron chi connectivity index (χ2n) is 8.92. The number of benzene rings is 1. The van der Waals surface area contributed by atoms with Gasteiger partial charge in [-0.25, -0.2) is 8.42 Å². The molecular weight excluding hydrogens is 446 g/mol. The Hall–Kier alpha value is -2.33. The summed E-state index contributed by atoms with van der Waals surface area (Å²) in [6, 6.07) is 3.46. The maximum absolute atomic E-state index is 13.0. The predicted molar refractivity (Wildman–Crippen MR) is 124 cm³/mol. The maximum Gasteiger partial charge on any atom is 0.241 e. The summed E-state index contributed by atoms with van der Waals surface area (Å²) < 4.78 is 39.6. The van der Waals surface area contributed by atoms with Crippen LogP contribution in [-0.4, -0.2) is 52.6 Å². The highest BCUT2D eigenvalue weighted by Crippen LogP contribution is 2.32. The number of ether oxygens (including phenoxy) is 2. The van der Waals surface area contributed by atoms with E-state index in [9.17, 15) is 18.0 Å². The summed E-state index contributed by atoms with van der Waals surface area (Å²) in [5, 5.41) is 5.60. The molecule has 0 saturated heterocycles. The van der Waals surface area contributed by atoms with Crippen molar-refractivity contribution < 1.29 is 27.5 Å². The molecule has 1 aliphatic heterocycles. The zero-order valence-electron chi connectivity index (χ0n) is 19.4. The van der Waals surface area contributed by atoms with E-state index in [0.717, 1.165) is 25.7 Å². The van der Waals surface area contributed by atoms with Gasteiger partial charge in [-0.3, -0.25) is 9.59 Å². The van der Waals surface area contributed by atoms with Crippen LogP contribution in [0.1, 0.15) is 52.4 Å². The van der Waals surface area contributed by atoms with Gasteiger partial charge in [-0.2, -0.15) is 4.72 Å². The molecule has 1 aliphatic carbocycles. The van der Waals surface area contributed by atoms with E-state index in [4.69, 9.17) is 9.47 Å². The summed E-state index contributed by atoms with van der Waals surface area (Å²) in [5.41, 5.74) is 0. The smallest absolute Gasteiger partial charge is 0.241 e. The van der Waals surface area contributed by atoms with Crippen LogP contribution in [0.4, 0.5) is 0 Å². The van der Waals surface area contributed by atoms with E-state index in [2.05, 4.69) is 15.4 Å². The average molecular weight is 482 g/mol. The predicted octanol–water partition coefficient (Wildman–Crippen LogP) is 1.96. The first-order valence-corrected chi connectivity index (χ1v) is 13.2. The molecule has 33 heavy (non-hydrogen) atoms. The number of sulfonamides is 1. The lowest BCUT2D eigenvalue weighted by molar-refractivity contribution is -0.126. The Kier molecular flexibility index (Phi) is 8.96. The van der Waals surface area contributed by atoms with Crippen molar-refractivity contribution >= 4 is 21.8 Å². The third kappa shape index (κ3) is 7.07. The number of nitrogens with one attached hydrogen (secondary N) is 3. The average Bonchev–Trinajstić information content (AvgIpc) is 3.05. The molecule has 0 aromatic heterocycles. The number of carbonyl (C=O) groups excluding carboxylic acids is 2. The van der Waals surface area contributed by atoms with Crippen LogP contribution in [0.25, 0.3) is 0 Å². The Bertz CT molecular complexity index is 928. The second-order valence-corrected chi connectivity index (χ2v) is 10.6. The minimum atomic E-state index is -3.97. The molecule has 3 rings (SSSR count). The van der Waals surface area contributed by atoms with Gasteiger partial charge in [0.15, 0.2) is 11.5 Å². The molecule has 1 aromatic rings. The third-order valence-corrected chi connectivity index (χ3v) is 7.40. The summed E-state index contributed by atoms with van der Waals surface area (Å²) >= 11 is 0. The number of rotatable bonds is 9. The molecule has 0 bridgehead atoms. The monoisotopic (exact) mass is 481 g/mol. The lowest BCUT2D eigenvalue weighted by Crippen LogP contribution is -2.50. The Morgan fingerprint density at radius 2 is 1.64 bits per heavy atom. The van der Waals surface area contributed by atoms with E-state index in [-0.39, 0.29) is 29.2 Å². The van der Waals surface area contributed by atoms with Crippen LogP contribution in [-0.2, 0) is 19.6 Å². The van der Waals surface area contributed by atoms with Gasteiger partial charge in [0.05, 0.1) is 18.1 Å². The normalized spacial score (nSPS) is 17.8. The molecule has 1 fully saturated rings. The zero-order valence-corrected chi connectivity index (χ0v) is 20.2. The Balaban J connectivity index is 1.55. The topological polar surface area (TPSA) is 123 Å². The molecular formula is C23H35N3O6S. The highest BCUT2D eigenvalue weighted by Gasteiger charge is 2.29. The van der Waals surface area contributed by atoms with Gasteiger partial charge in [0.25, 0.3) is 0 Å². The van der Waals surface area contributed by atoms with E-state index in [0.29, 0.717) is 37.7 Å². The second kappa shape index (κ2) is 11.7. The standard InChI is InChI=1S/C23H35N3O6S/c1-16(2)21(23(28)25-12-11-24-22(27)17-7-4-3-5-8-17)26-33(29,30)18-9-10-19-20(15-18)32-14-6-13-31-19/h9-10,15-17,21,26H,3-8,11-14H2,1-2H3,(H,24,27)(H,25,28). The first-order chi connectivity index (χ1) is 15.8. The van der Waals surface area contributed by atoms with Crippen molar-refractivity contribution in [3.8, 4) is 11.5 Å². The summed E-state index contributed by atoms with van der Waals surface area (Å²) in [5.74, 6) is 0.237. The van der Waals surface area contributed by atoms with Crippen molar-refractivity contribution in [3.63, 3.8) is 0 Å². The fourth-order valence-corrected chi connectivity index (χ4v) is 5.39. The van der Waals surface area contributed by atoms with Gasteiger partial charge < -0.3 is 20.1 Å². The van der Waals surface area contributed by atoms with Crippen LogP contribution >= 0.6 is 0 Å². The number of fused-ring (bicyclic) bond motifs is 1. The van der Waals surface area contributed by atoms with Crippen LogP contribution in [0.2, 0.25) is 0 Å². The largest absolute Gasteiger partial charge is 0.490 e. The molecule has 10 heteroatoms. The first kappa shape index (κ1) is 25.3. The maximum atomic E-state index is 13.0. The molecule has 0 radical (unpaired) electrons. The fourth-order valence-electron chi connectivity index (χ4n) is 4.03. The lowest BCUT2D eigenvalue weighted by atomic mass is 9.89. The molecule has 9 nitrogen and oxygen atoms in total. The van der Waals surface area contributed by atoms with Gasteiger partial charge in [0.2, 0.25) is 21.8 Å². The summed E-state index contributed by atoms with van der Waals surface area (Å²) in [4.78, 5) is 24.9. The molecule has 2 aliphatic rings. The third-order valence-electron chi connectivity index (χ3n) is 5.96. The summed E-state index contributed by atoms with van der Waals surface area (Å²) in [6.45, 7) is 5.02. The number of hydrogen-bond acceptors (Lipinski definition) is 6. The molecule has 2 amide bonds. The quantitative estimate of drug-likeness (QED) is 0.464. The van der Waals surface area contributed by atoms with Gasteiger partial charge >= 0.3 is 0 Å². The molecule has 1 unspecified atom stereocenters. The van der Waals surface area contributed by atoms with Gasteiger partial charge in [-0.05, 0) is 30.9 Å². The van der Waals surface area contributed by atoms with Gasteiger partial charge in [0, 0.05) is 31.5 Å². The van der Waals surface area contributed by atoms with E-state index in [1.165, 1.54) is 18.6 Å². The number of carbonyl (C=O) groups is 2. The van der Waals surface area contributed by atoms with E-state index in [1.54, 1.807) is 19.9 Å². The fraction of sp³-hybridized carbons (Fsp3) is 0.652. The SMILES string of the molecule is CC(C)C(NS(=O)(=O)c1ccc2c(c1)OCCCO2)C(=O)NCCNC(=O)C1CCCCC1. The van der Waals surface area contributed by atoms with Crippen LogP contribution in [0.15, 0.2) is 23.1 Å². The van der Waals surface area contributed by atoms with Crippen molar-refractivity contribution in [2.75, 3.05) is 26.3 Å². The Morgan fingerprint density at radius 1 is 0.970 bits per heavy atom. The summed E-state index contributed by atoms with van der Waals surface area (Å²) in [7, 11) is -3.97. The van der Waals surface area contributed by atoms with Gasteiger partial charge in [-0.15, -0.1) is 0 Å². The van der Waals surface area contributed by atoms with Crippen LogP contribution in [0.5, 0.6) is 11.5 Å².